The summed E-state index contributed by atoms with van der Waals surface area (Å²) in [6.07, 6.45) is 0. The van der Waals surface area contributed by atoms with Crippen LogP contribution in [0, 0.1) is 0 Å². The number of alkyl halides is 2. The molecule has 0 saturated carbocycles. The molecule has 0 aliphatic rings. The molecule has 1 unspecified atom stereocenters. The monoisotopic (exact) mass is 239 g/mol. The van der Waals surface area contributed by atoms with Crippen molar-refractivity contribution in [1.82, 2.24) is 0 Å². The van der Waals surface area contributed by atoms with E-state index in [1.807, 2.05) is 0 Å². The molecule has 0 aliphatic heterocycles. The van der Waals surface area contributed by atoms with Gasteiger partial charge in [-0.25, -0.2) is 0 Å². The highest BCUT2D eigenvalue weighted by Crippen LogP contribution is 2.38. The van der Waals surface area contributed by atoms with E-state index in [0.717, 1.165) is 0 Å². The fraction of sp³-hybridized carbons (Fsp3) is 0.333. The third kappa shape index (κ3) is 2.00. The lowest BCUT2D eigenvalue weighted by atomic mass is 10.0. The second-order valence-electron chi connectivity index (χ2n) is 3.01. The van der Waals surface area contributed by atoms with Crippen LogP contribution < -0.4 is 5.73 Å². The molecule has 1 aromatic rings. The summed E-state index contributed by atoms with van der Waals surface area (Å²) in [6, 6.07) is 2.78. The van der Waals surface area contributed by atoms with Crippen molar-refractivity contribution in [1.29, 1.82) is 0 Å². The number of benzene rings is 1. The standard InChI is InChI=1S/C9H9Cl2F2N/c1-5(14)9(12,13)6-3-2-4-7(10)8(6)11/h2-5H,14H2,1H3. The first-order valence-electron chi connectivity index (χ1n) is 3.95. The van der Waals surface area contributed by atoms with Crippen LogP contribution in [0.1, 0.15) is 12.5 Å². The van der Waals surface area contributed by atoms with Gasteiger partial charge < -0.3 is 5.73 Å². The fourth-order valence-corrected chi connectivity index (χ4v) is 1.43. The average molecular weight is 240 g/mol. The topological polar surface area (TPSA) is 26.0 Å². The molecule has 1 rings (SSSR count). The van der Waals surface area contributed by atoms with Crippen LogP contribution in [0.25, 0.3) is 0 Å². The van der Waals surface area contributed by atoms with E-state index in [1.165, 1.54) is 25.1 Å². The molecule has 1 aromatic carbocycles. The summed E-state index contributed by atoms with van der Waals surface area (Å²) < 4.78 is 26.9. The van der Waals surface area contributed by atoms with Gasteiger partial charge in [-0.15, -0.1) is 0 Å². The maximum atomic E-state index is 13.5. The predicted octanol–water partition coefficient (Wildman–Crippen LogP) is 3.43. The highest BCUT2D eigenvalue weighted by Gasteiger charge is 2.38. The summed E-state index contributed by atoms with van der Waals surface area (Å²) in [4.78, 5) is 0. The molecule has 1 nitrogen and oxygen atoms in total. The van der Waals surface area contributed by atoms with E-state index in [2.05, 4.69) is 0 Å². The summed E-state index contributed by atoms with van der Waals surface area (Å²) in [6.45, 7) is 1.22. The molecule has 0 radical (unpaired) electrons. The van der Waals surface area contributed by atoms with Crippen molar-refractivity contribution < 1.29 is 8.78 Å². The van der Waals surface area contributed by atoms with Crippen molar-refractivity contribution >= 4 is 23.2 Å². The van der Waals surface area contributed by atoms with Gasteiger partial charge in [0.15, 0.2) is 0 Å². The highest BCUT2D eigenvalue weighted by molar-refractivity contribution is 6.42. The van der Waals surface area contributed by atoms with E-state index in [4.69, 9.17) is 28.9 Å². The van der Waals surface area contributed by atoms with Gasteiger partial charge in [-0.2, -0.15) is 8.78 Å². The number of hydrogen-bond donors (Lipinski definition) is 1. The molecule has 78 valence electrons. The van der Waals surface area contributed by atoms with E-state index in [-0.39, 0.29) is 15.6 Å². The number of hydrogen-bond acceptors (Lipinski definition) is 1. The van der Waals surface area contributed by atoms with E-state index in [1.54, 1.807) is 0 Å². The SMILES string of the molecule is CC(N)C(F)(F)c1cccc(Cl)c1Cl. The van der Waals surface area contributed by atoms with Crippen molar-refractivity contribution in [3.05, 3.63) is 33.8 Å². The maximum Gasteiger partial charge on any atom is 0.289 e. The first kappa shape index (κ1) is 11.7. The Morgan fingerprint density at radius 3 is 2.43 bits per heavy atom. The van der Waals surface area contributed by atoms with Crippen LogP contribution in [0.15, 0.2) is 18.2 Å². The van der Waals surface area contributed by atoms with E-state index in [0.29, 0.717) is 0 Å². The zero-order valence-corrected chi connectivity index (χ0v) is 8.91. The molecular formula is C9H9Cl2F2N. The van der Waals surface area contributed by atoms with Crippen molar-refractivity contribution in [2.45, 2.75) is 18.9 Å². The Morgan fingerprint density at radius 1 is 1.36 bits per heavy atom. The average Bonchev–Trinajstić information content (AvgIpc) is 2.09. The third-order valence-electron chi connectivity index (χ3n) is 1.88. The number of halogens is 4. The van der Waals surface area contributed by atoms with E-state index >= 15 is 0 Å². The molecule has 0 bridgehead atoms. The maximum absolute atomic E-state index is 13.5. The number of nitrogens with two attached hydrogens (primary N) is 1. The van der Waals surface area contributed by atoms with Crippen LogP contribution in [0.4, 0.5) is 8.78 Å². The molecule has 5 heteroatoms. The van der Waals surface area contributed by atoms with Crippen LogP contribution in [0.5, 0.6) is 0 Å². The predicted molar refractivity (Wildman–Crippen MR) is 54.0 cm³/mol. The molecular weight excluding hydrogens is 231 g/mol. The Labute approximate surface area is 90.8 Å². The minimum absolute atomic E-state index is 0.101. The van der Waals surface area contributed by atoms with Crippen LogP contribution in [-0.2, 0) is 5.92 Å². The Balaban J connectivity index is 3.26. The first-order valence-corrected chi connectivity index (χ1v) is 4.71. The van der Waals surface area contributed by atoms with E-state index in [9.17, 15) is 8.78 Å². The summed E-state index contributed by atoms with van der Waals surface area (Å²) in [5.41, 5.74) is 4.84. The minimum atomic E-state index is -3.16. The van der Waals surface area contributed by atoms with Crippen LogP contribution in [-0.4, -0.2) is 6.04 Å². The molecule has 1 atom stereocenters. The van der Waals surface area contributed by atoms with Crippen LogP contribution >= 0.6 is 23.2 Å². The second-order valence-corrected chi connectivity index (χ2v) is 3.80. The van der Waals surface area contributed by atoms with E-state index < -0.39 is 12.0 Å². The van der Waals surface area contributed by atoms with Crippen molar-refractivity contribution in [3.8, 4) is 0 Å². The second kappa shape index (κ2) is 4.01. The van der Waals surface area contributed by atoms with Crippen molar-refractivity contribution in [2.24, 2.45) is 5.73 Å². The molecule has 2 N–H and O–H groups in total. The lowest BCUT2D eigenvalue weighted by Gasteiger charge is -2.21. The fourth-order valence-electron chi connectivity index (χ4n) is 1.01. The highest BCUT2D eigenvalue weighted by atomic mass is 35.5. The van der Waals surface area contributed by atoms with Gasteiger partial charge in [-0.05, 0) is 13.0 Å². The summed E-state index contributed by atoms with van der Waals surface area (Å²) >= 11 is 11.3. The van der Waals surface area contributed by atoms with Gasteiger partial charge in [0, 0.05) is 5.56 Å². The molecule has 0 aromatic heterocycles. The molecule has 0 amide bonds. The molecule has 0 fully saturated rings. The zero-order chi connectivity index (χ0) is 10.9. The lowest BCUT2D eigenvalue weighted by Crippen LogP contribution is -2.36. The summed E-state index contributed by atoms with van der Waals surface area (Å²) in [7, 11) is 0. The van der Waals surface area contributed by atoms with Gasteiger partial charge in [-0.1, -0.05) is 35.3 Å². The summed E-state index contributed by atoms with van der Waals surface area (Å²) in [5.74, 6) is -3.16. The molecule has 0 heterocycles. The minimum Gasteiger partial charge on any atom is -0.323 e. The summed E-state index contributed by atoms with van der Waals surface area (Å²) in [5, 5.41) is -0.0408. The largest absolute Gasteiger partial charge is 0.323 e. The van der Waals surface area contributed by atoms with Gasteiger partial charge in [0.2, 0.25) is 0 Å². The Kier molecular flexibility index (Phi) is 3.35. The Bertz CT molecular complexity index is 340. The van der Waals surface area contributed by atoms with Gasteiger partial charge in [0.1, 0.15) is 0 Å². The van der Waals surface area contributed by atoms with Crippen LogP contribution in [0.3, 0.4) is 0 Å². The molecule has 0 spiro atoms. The van der Waals surface area contributed by atoms with Crippen molar-refractivity contribution in [2.75, 3.05) is 0 Å². The van der Waals surface area contributed by atoms with Gasteiger partial charge in [-0.3, -0.25) is 0 Å². The quantitative estimate of drug-likeness (QED) is 0.841. The first-order chi connectivity index (χ1) is 6.37. The lowest BCUT2D eigenvalue weighted by molar-refractivity contribution is -0.0255. The van der Waals surface area contributed by atoms with Crippen molar-refractivity contribution in [3.63, 3.8) is 0 Å². The number of rotatable bonds is 2. The normalized spacial score (nSPS) is 14.1. The third-order valence-corrected chi connectivity index (χ3v) is 2.70. The smallest absolute Gasteiger partial charge is 0.289 e. The van der Waals surface area contributed by atoms with Gasteiger partial charge in [0.05, 0.1) is 16.1 Å². The Morgan fingerprint density at radius 2 is 1.93 bits per heavy atom. The zero-order valence-electron chi connectivity index (χ0n) is 7.40. The van der Waals surface area contributed by atoms with Gasteiger partial charge in [0.25, 0.3) is 5.92 Å². The Hall–Kier alpha value is -0.380. The molecule has 0 aliphatic carbocycles. The molecule has 14 heavy (non-hydrogen) atoms. The molecule has 0 saturated heterocycles. The van der Waals surface area contributed by atoms with Gasteiger partial charge >= 0.3 is 0 Å². The van der Waals surface area contributed by atoms with Crippen LogP contribution in [0.2, 0.25) is 10.0 Å².